The number of rotatable bonds is 1. The van der Waals surface area contributed by atoms with Crippen molar-refractivity contribution in [2.45, 2.75) is 18.9 Å². The molecular weight excluding hydrogens is 324 g/mol. The smallest absolute Gasteiger partial charge is 0.135 e. The average Bonchev–Trinajstić information content (AvgIpc) is 2.86. The molecule has 4 rings (SSSR count). The molecule has 0 radical (unpaired) electrons. The van der Waals surface area contributed by atoms with Crippen LogP contribution < -0.4 is 4.74 Å². The minimum Gasteiger partial charge on any atom is -0.482 e. The summed E-state index contributed by atoms with van der Waals surface area (Å²) in [6.07, 6.45) is 0.908. The van der Waals surface area contributed by atoms with Crippen LogP contribution in [-0.2, 0) is 12.0 Å². The third kappa shape index (κ3) is 2.06. The molecule has 1 aliphatic heterocycles. The first-order chi connectivity index (χ1) is 10.2. The Bertz CT molecular complexity index is 826. The molecule has 1 atom stereocenters. The quantitative estimate of drug-likeness (QED) is 0.573. The van der Waals surface area contributed by atoms with E-state index >= 15 is 0 Å². The first-order valence-electron chi connectivity index (χ1n) is 7.11. The number of benzene rings is 3. The molecule has 3 aromatic rings. The van der Waals surface area contributed by atoms with E-state index in [1.165, 1.54) is 21.9 Å². The fourth-order valence-corrected chi connectivity index (χ4v) is 3.57. The van der Waals surface area contributed by atoms with Crippen molar-refractivity contribution in [3.63, 3.8) is 0 Å². The highest BCUT2D eigenvalue weighted by Crippen LogP contribution is 2.44. The second-order valence-electron chi connectivity index (χ2n) is 5.78. The summed E-state index contributed by atoms with van der Waals surface area (Å²) < 4.78 is 7.42. The highest BCUT2D eigenvalue weighted by molar-refractivity contribution is 9.10. The standard InChI is InChI=1S/C19H15BrO/c1-19(14-5-3-2-4-6-14)12-17-16-9-8-15(20)11-13(16)7-10-18(17)21-19/h2-11H,12H2,1H3. The first kappa shape index (κ1) is 12.9. The number of ether oxygens (including phenoxy) is 1. The van der Waals surface area contributed by atoms with Gasteiger partial charge in [-0.25, -0.2) is 0 Å². The minimum absolute atomic E-state index is 0.273. The van der Waals surface area contributed by atoms with Crippen LogP contribution in [0.25, 0.3) is 10.8 Å². The van der Waals surface area contributed by atoms with Gasteiger partial charge in [-0.3, -0.25) is 0 Å². The zero-order valence-electron chi connectivity index (χ0n) is 11.8. The zero-order chi connectivity index (χ0) is 14.4. The van der Waals surface area contributed by atoms with Crippen molar-refractivity contribution in [3.8, 4) is 5.75 Å². The van der Waals surface area contributed by atoms with Gasteiger partial charge in [-0.15, -0.1) is 0 Å². The molecule has 0 saturated heterocycles. The van der Waals surface area contributed by atoms with Crippen molar-refractivity contribution in [2.24, 2.45) is 0 Å². The lowest BCUT2D eigenvalue weighted by atomic mass is 9.89. The number of halogens is 1. The molecule has 1 heterocycles. The Balaban J connectivity index is 1.85. The Morgan fingerprint density at radius 2 is 1.81 bits per heavy atom. The average molecular weight is 339 g/mol. The van der Waals surface area contributed by atoms with Gasteiger partial charge in [0.1, 0.15) is 11.4 Å². The summed E-state index contributed by atoms with van der Waals surface area (Å²) in [4.78, 5) is 0. The Morgan fingerprint density at radius 1 is 1.00 bits per heavy atom. The van der Waals surface area contributed by atoms with E-state index in [1.54, 1.807) is 0 Å². The summed E-state index contributed by atoms with van der Waals surface area (Å²) in [5.74, 6) is 1.01. The van der Waals surface area contributed by atoms with Gasteiger partial charge in [0.2, 0.25) is 0 Å². The lowest BCUT2D eigenvalue weighted by Crippen LogP contribution is -2.26. The van der Waals surface area contributed by atoms with E-state index in [1.807, 2.05) is 6.07 Å². The molecule has 2 heteroatoms. The largest absolute Gasteiger partial charge is 0.482 e. The highest BCUT2D eigenvalue weighted by Gasteiger charge is 2.37. The fraction of sp³-hybridized carbons (Fsp3) is 0.158. The first-order valence-corrected chi connectivity index (χ1v) is 7.91. The van der Waals surface area contributed by atoms with Gasteiger partial charge in [-0.05, 0) is 41.5 Å². The molecular formula is C19H15BrO. The number of hydrogen-bond acceptors (Lipinski definition) is 1. The van der Waals surface area contributed by atoms with Crippen molar-refractivity contribution in [1.29, 1.82) is 0 Å². The third-order valence-corrected chi connectivity index (χ3v) is 4.78. The lowest BCUT2D eigenvalue weighted by Gasteiger charge is -2.24. The Labute approximate surface area is 132 Å². The monoisotopic (exact) mass is 338 g/mol. The Hall–Kier alpha value is -1.80. The van der Waals surface area contributed by atoms with Crippen molar-refractivity contribution in [3.05, 3.63) is 76.3 Å². The van der Waals surface area contributed by atoms with Crippen LogP contribution in [-0.4, -0.2) is 0 Å². The van der Waals surface area contributed by atoms with E-state index in [0.717, 1.165) is 16.6 Å². The van der Waals surface area contributed by atoms with Crippen LogP contribution in [0.15, 0.2) is 65.1 Å². The molecule has 0 fully saturated rings. The molecule has 1 nitrogen and oxygen atoms in total. The van der Waals surface area contributed by atoms with Gasteiger partial charge in [0, 0.05) is 16.5 Å². The molecule has 0 aliphatic carbocycles. The molecule has 104 valence electrons. The summed E-state index contributed by atoms with van der Waals surface area (Å²) in [5.41, 5.74) is 2.27. The van der Waals surface area contributed by atoms with Crippen LogP contribution in [0.3, 0.4) is 0 Å². The maximum atomic E-state index is 6.31. The molecule has 0 saturated carbocycles. The molecule has 0 spiro atoms. The summed E-state index contributed by atoms with van der Waals surface area (Å²) in [7, 11) is 0. The van der Waals surface area contributed by atoms with E-state index in [2.05, 4.69) is 77.5 Å². The van der Waals surface area contributed by atoms with Crippen molar-refractivity contribution < 1.29 is 4.74 Å². The summed E-state index contributed by atoms with van der Waals surface area (Å²) in [6, 6.07) is 21.1. The number of fused-ring (bicyclic) bond motifs is 3. The zero-order valence-corrected chi connectivity index (χ0v) is 13.4. The minimum atomic E-state index is -0.273. The SMILES string of the molecule is CC1(c2ccccc2)Cc2c(ccc3cc(Br)ccc23)O1. The van der Waals surface area contributed by atoms with Gasteiger partial charge in [-0.2, -0.15) is 0 Å². The van der Waals surface area contributed by atoms with Crippen molar-refractivity contribution >= 4 is 26.7 Å². The summed E-state index contributed by atoms with van der Waals surface area (Å²) in [5, 5.41) is 2.54. The second kappa shape index (κ2) is 4.60. The second-order valence-corrected chi connectivity index (χ2v) is 6.70. The predicted molar refractivity (Wildman–Crippen MR) is 89.8 cm³/mol. The van der Waals surface area contributed by atoms with Gasteiger partial charge in [0.05, 0.1) is 0 Å². The van der Waals surface area contributed by atoms with Crippen LogP contribution in [0.2, 0.25) is 0 Å². The van der Waals surface area contributed by atoms with Crippen LogP contribution in [0.4, 0.5) is 0 Å². The molecule has 0 bridgehead atoms. The van der Waals surface area contributed by atoms with Crippen LogP contribution in [0, 0.1) is 0 Å². The maximum absolute atomic E-state index is 6.31. The van der Waals surface area contributed by atoms with Crippen molar-refractivity contribution in [2.75, 3.05) is 0 Å². The van der Waals surface area contributed by atoms with Crippen LogP contribution in [0.5, 0.6) is 5.75 Å². The molecule has 1 aliphatic rings. The van der Waals surface area contributed by atoms with E-state index < -0.39 is 0 Å². The van der Waals surface area contributed by atoms with Crippen LogP contribution in [0.1, 0.15) is 18.1 Å². The molecule has 0 amide bonds. The van der Waals surface area contributed by atoms with Gasteiger partial charge in [0.15, 0.2) is 0 Å². The van der Waals surface area contributed by atoms with Gasteiger partial charge in [0.25, 0.3) is 0 Å². The van der Waals surface area contributed by atoms with Gasteiger partial charge >= 0.3 is 0 Å². The van der Waals surface area contributed by atoms with Gasteiger partial charge < -0.3 is 4.74 Å². The van der Waals surface area contributed by atoms with E-state index in [4.69, 9.17) is 4.74 Å². The highest BCUT2D eigenvalue weighted by atomic mass is 79.9. The van der Waals surface area contributed by atoms with E-state index in [9.17, 15) is 0 Å². The molecule has 1 unspecified atom stereocenters. The lowest BCUT2D eigenvalue weighted by molar-refractivity contribution is 0.116. The van der Waals surface area contributed by atoms with Crippen molar-refractivity contribution in [1.82, 2.24) is 0 Å². The molecule has 0 aromatic heterocycles. The Morgan fingerprint density at radius 3 is 2.62 bits per heavy atom. The molecule has 3 aromatic carbocycles. The third-order valence-electron chi connectivity index (χ3n) is 4.28. The predicted octanol–water partition coefficient (Wildman–Crippen LogP) is 5.45. The topological polar surface area (TPSA) is 9.23 Å². The maximum Gasteiger partial charge on any atom is 0.135 e. The Kier molecular flexibility index (Phi) is 2.83. The van der Waals surface area contributed by atoms with E-state index in [0.29, 0.717) is 0 Å². The fourth-order valence-electron chi connectivity index (χ4n) is 3.19. The summed E-state index contributed by atoms with van der Waals surface area (Å²) in [6.45, 7) is 2.17. The number of hydrogen-bond donors (Lipinski definition) is 0. The molecule has 0 N–H and O–H groups in total. The summed E-state index contributed by atoms with van der Waals surface area (Å²) >= 11 is 3.54. The van der Waals surface area contributed by atoms with Gasteiger partial charge in [-0.1, -0.05) is 58.4 Å². The van der Waals surface area contributed by atoms with E-state index in [-0.39, 0.29) is 5.60 Å². The van der Waals surface area contributed by atoms with Crippen LogP contribution >= 0.6 is 15.9 Å². The molecule has 21 heavy (non-hydrogen) atoms. The normalized spacial score (nSPS) is 20.3.